The van der Waals surface area contributed by atoms with Crippen molar-refractivity contribution in [2.45, 2.75) is 49.7 Å². The highest BCUT2D eigenvalue weighted by Crippen LogP contribution is 2.41. The predicted octanol–water partition coefficient (Wildman–Crippen LogP) is 5.72. The fourth-order valence-electron chi connectivity index (χ4n) is 5.26. The monoisotopic (exact) mass is 633 g/mol. The molecule has 8 nitrogen and oxygen atoms in total. The Bertz CT molecular complexity index is 1620. The minimum absolute atomic E-state index is 0.0289. The highest BCUT2D eigenvalue weighted by molar-refractivity contribution is 6.36. The zero-order chi connectivity index (χ0) is 31.1. The van der Waals surface area contributed by atoms with Gasteiger partial charge in [0, 0.05) is 53.2 Å². The minimum Gasteiger partial charge on any atom is -0.351 e. The summed E-state index contributed by atoms with van der Waals surface area (Å²) in [6.07, 6.45) is -0.244. The molecule has 2 atom stereocenters. The number of halogens is 6. The van der Waals surface area contributed by atoms with E-state index in [9.17, 15) is 37.2 Å². The van der Waals surface area contributed by atoms with Crippen LogP contribution in [0.3, 0.4) is 0 Å². The number of rotatable bonds is 7. The molecule has 222 valence electrons. The Hall–Kier alpha value is -4.21. The van der Waals surface area contributed by atoms with Crippen molar-refractivity contribution in [1.82, 2.24) is 10.3 Å². The first-order valence-corrected chi connectivity index (χ1v) is 13.7. The van der Waals surface area contributed by atoms with E-state index >= 15 is 0 Å². The van der Waals surface area contributed by atoms with E-state index in [4.69, 9.17) is 23.2 Å². The molecule has 43 heavy (non-hydrogen) atoms. The number of anilines is 2. The number of nitriles is 1. The Morgan fingerprint density at radius 1 is 1.09 bits per heavy atom. The van der Waals surface area contributed by atoms with Gasteiger partial charge in [-0.3, -0.25) is 24.2 Å². The average molecular weight is 634 g/mol. The van der Waals surface area contributed by atoms with Gasteiger partial charge in [-0.1, -0.05) is 29.3 Å². The highest BCUT2D eigenvalue weighted by Gasteiger charge is 2.49. The number of hydrogen-bond acceptors (Lipinski definition) is 5. The van der Waals surface area contributed by atoms with Crippen LogP contribution in [0.5, 0.6) is 0 Å². The zero-order valence-electron chi connectivity index (χ0n) is 22.0. The molecule has 5 rings (SSSR count). The maximum absolute atomic E-state index is 14.6. The van der Waals surface area contributed by atoms with Crippen LogP contribution in [-0.4, -0.2) is 40.7 Å². The van der Waals surface area contributed by atoms with Crippen molar-refractivity contribution in [3.63, 3.8) is 0 Å². The smallest absolute Gasteiger partial charge is 0.252 e. The topological polar surface area (TPSA) is 106 Å². The van der Waals surface area contributed by atoms with Gasteiger partial charge in [-0.15, -0.1) is 0 Å². The number of alkyl halides is 2. The van der Waals surface area contributed by atoms with E-state index in [0.717, 1.165) is 21.9 Å². The van der Waals surface area contributed by atoms with Gasteiger partial charge in [-0.25, -0.2) is 22.5 Å². The molecule has 1 aliphatic carbocycles. The number of hydrogen-bond donors (Lipinski definition) is 1. The van der Waals surface area contributed by atoms with Crippen molar-refractivity contribution >= 4 is 52.4 Å². The van der Waals surface area contributed by atoms with E-state index in [1.165, 1.54) is 36.5 Å². The Labute approximate surface area is 252 Å². The van der Waals surface area contributed by atoms with Gasteiger partial charge in [-0.2, -0.15) is 5.26 Å². The number of nitrogens with one attached hydrogen (secondary N) is 1. The fourth-order valence-corrected chi connectivity index (χ4v) is 5.86. The molecule has 2 aromatic carbocycles. The molecule has 0 bridgehead atoms. The molecule has 1 N–H and O–H groups in total. The van der Waals surface area contributed by atoms with Gasteiger partial charge >= 0.3 is 0 Å². The van der Waals surface area contributed by atoms with E-state index in [-0.39, 0.29) is 39.8 Å². The molecular formula is C29H21Cl2F4N5O3. The molecule has 0 unspecified atom stereocenters. The lowest BCUT2D eigenvalue weighted by molar-refractivity contribution is -0.133. The third-order valence-electron chi connectivity index (χ3n) is 7.20. The molecule has 1 saturated carbocycles. The number of aromatic nitrogens is 1. The molecule has 2 aliphatic rings. The number of nitrogens with zero attached hydrogens (tertiary/aromatic N) is 4. The summed E-state index contributed by atoms with van der Waals surface area (Å²) in [5, 5.41) is 11.6. The van der Waals surface area contributed by atoms with Crippen LogP contribution in [0.15, 0.2) is 54.7 Å². The van der Waals surface area contributed by atoms with E-state index in [1.807, 2.05) is 6.07 Å². The van der Waals surface area contributed by atoms with Gasteiger partial charge in [0.2, 0.25) is 11.8 Å². The van der Waals surface area contributed by atoms with Crippen molar-refractivity contribution in [1.29, 1.82) is 5.26 Å². The Morgan fingerprint density at radius 2 is 1.74 bits per heavy atom. The average Bonchev–Trinajstić information content (AvgIpc) is 3.31. The molecule has 14 heteroatoms. The molecule has 0 radical (unpaired) electrons. The van der Waals surface area contributed by atoms with E-state index in [1.54, 1.807) is 0 Å². The summed E-state index contributed by atoms with van der Waals surface area (Å²) in [5.41, 5.74) is -0.402. The Balaban J connectivity index is 1.66. The highest BCUT2D eigenvalue weighted by atomic mass is 35.5. The van der Waals surface area contributed by atoms with Gasteiger partial charge in [0.15, 0.2) is 0 Å². The standard InChI is InChI=1S/C29H21Cl2F4N5O3/c30-20-2-1-3-21(31)25(20)26(27(42)38-18-12-29(34,35)13-18)39(19-10-16(32)9-17(33)11-19)28(43)22-4-5-24(41)40(22)23-8-15(14-36)6-7-37-23/h1-3,6-11,18,22,26H,4-5,12-13H2,(H,38,42)/t22-,26-/m0/s1. The van der Waals surface area contributed by atoms with Crippen molar-refractivity contribution in [2.24, 2.45) is 0 Å². The van der Waals surface area contributed by atoms with Crippen LogP contribution in [0.25, 0.3) is 0 Å². The second-order valence-electron chi connectivity index (χ2n) is 10.2. The summed E-state index contributed by atoms with van der Waals surface area (Å²) in [6.45, 7) is 0. The van der Waals surface area contributed by atoms with Crippen molar-refractivity contribution < 1.29 is 31.9 Å². The normalized spacial score (nSPS) is 18.5. The molecule has 3 amide bonds. The van der Waals surface area contributed by atoms with Crippen LogP contribution in [0.1, 0.15) is 42.9 Å². The summed E-state index contributed by atoms with van der Waals surface area (Å²) >= 11 is 12.9. The summed E-state index contributed by atoms with van der Waals surface area (Å²) in [4.78, 5) is 47.3. The molecule has 1 saturated heterocycles. The van der Waals surface area contributed by atoms with E-state index in [0.29, 0.717) is 6.07 Å². The van der Waals surface area contributed by atoms with Crippen molar-refractivity contribution in [3.05, 3.63) is 87.5 Å². The first-order chi connectivity index (χ1) is 20.4. The maximum Gasteiger partial charge on any atom is 0.252 e. The molecule has 3 aromatic rings. The molecule has 0 spiro atoms. The largest absolute Gasteiger partial charge is 0.351 e. The first-order valence-electron chi connectivity index (χ1n) is 13.0. The third kappa shape index (κ3) is 6.14. The lowest BCUT2D eigenvalue weighted by atomic mass is 9.87. The number of carbonyl (C=O) groups is 3. The number of carbonyl (C=O) groups excluding carboxylic acids is 3. The Morgan fingerprint density at radius 3 is 2.35 bits per heavy atom. The molecule has 1 aliphatic heterocycles. The van der Waals surface area contributed by atoms with Gasteiger partial charge in [0.1, 0.15) is 29.5 Å². The van der Waals surface area contributed by atoms with Gasteiger partial charge in [-0.05, 0) is 42.8 Å². The summed E-state index contributed by atoms with van der Waals surface area (Å²) in [5.74, 6) is -7.67. The lowest BCUT2D eigenvalue weighted by Gasteiger charge is -2.39. The fraction of sp³-hybridized carbons (Fsp3) is 0.276. The summed E-state index contributed by atoms with van der Waals surface area (Å²) in [7, 11) is 0. The second-order valence-corrected chi connectivity index (χ2v) is 11.0. The number of amides is 3. The van der Waals surface area contributed by atoms with Crippen LogP contribution in [0, 0.1) is 23.0 Å². The molecule has 2 heterocycles. The molecular weight excluding hydrogens is 613 g/mol. The van der Waals surface area contributed by atoms with Crippen LogP contribution in [-0.2, 0) is 14.4 Å². The SMILES string of the molecule is N#Cc1ccnc(N2C(=O)CC[C@H]2C(=O)N(c2cc(F)cc(F)c2)[C@H](C(=O)NC2CC(F)(F)C2)c2c(Cl)cccc2Cl)c1. The van der Waals surface area contributed by atoms with E-state index < -0.39 is 71.9 Å². The van der Waals surface area contributed by atoms with Gasteiger partial charge < -0.3 is 5.32 Å². The van der Waals surface area contributed by atoms with Gasteiger partial charge in [0.25, 0.3) is 11.8 Å². The van der Waals surface area contributed by atoms with Crippen molar-refractivity contribution in [2.75, 3.05) is 9.80 Å². The maximum atomic E-state index is 14.6. The summed E-state index contributed by atoms with van der Waals surface area (Å²) < 4.78 is 56.4. The zero-order valence-corrected chi connectivity index (χ0v) is 23.5. The number of pyridine rings is 1. The van der Waals surface area contributed by atoms with Gasteiger partial charge in [0.05, 0.1) is 17.3 Å². The van der Waals surface area contributed by atoms with Crippen LogP contribution in [0.4, 0.5) is 29.1 Å². The van der Waals surface area contributed by atoms with E-state index in [2.05, 4.69) is 10.3 Å². The minimum atomic E-state index is -2.99. The van der Waals surface area contributed by atoms with Crippen molar-refractivity contribution in [3.8, 4) is 6.07 Å². The van der Waals surface area contributed by atoms with Crippen LogP contribution in [0.2, 0.25) is 10.0 Å². The third-order valence-corrected chi connectivity index (χ3v) is 7.86. The molecule has 2 fully saturated rings. The predicted molar refractivity (Wildman–Crippen MR) is 149 cm³/mol. The summed E-state index contributed by atoms with van der Waals surface area (Å²) in [6, 6.07) is 6.88. The molecule has 1 aromatic heterocycles. The number of benzene rings is 2. The Kier molecular flexibility index (Phi) is 8.31. The first kappa shape index (κ1) is 30.3. The van der Waals surface area contributed by atoms with Crippen LogP contribution < -0.4 is 15.1 Å². The lowest BCUT2D eigenvalue weighted by Crippen LogP contribution is -2.56. The van der Waals surface area contributed by atoms with Crippen LogP contribution >= 0.6 is 23.2 Å². The quantitative estimate of drug-likeness (QED) is 0.335. The second kappa shape index (κ2) is 11.8.